The molecule has 7 heteroatoms. The number of nitrogens with one attached hydrogen (secondary N) is 1. The van der Waals surface area contributed by atoms with Gasteiger partial charge in [-0.25, -0.2) is 8.42 Å². The minimum Gasteiger partial charge on any atom is -0.371 e. The number of anilines is 2. The largest absolute Gasteiger partial charge is 0.371 e. The molecule has 0 aromatic heterocycles. The molecule has 0 spiro atoms. The van der Waals surface area contributed by atoms with Crippen LogP contribution < -0.4 is 9.62 Å². The van der Waals surface area contributed by atoms with Crippen molar-refractivity contribution in [1.82, 2.24) is 4.90 Å². The van der Waals surface area contributed by atoms with E-state index in [9.17, 15) is 13.2 Å². The molecule has 30 heavy (non-hydrogen) atoms. The SMILES string of the molecule is O=C(c1cc(NS(=O)(=O)Cc2ccccc2)ccc1N1CCCC1)N1CCCCC1. The van der Waals surface area contributed by atoms with Crippen LogP contribution in [0.1, 0.15) is 48.0 Å². The molecule has 2 saturated heterocycles. The molecule has 2 heterocycles. The van der Waals surface area contributed by atoms with E-state index in [-0.39, 0.29) is 11.7 Å². The van der Waals surface area contributed by atoms with Gasteiger partial charge in [-0.2, -0.15) is 0 Å². The predicted molar refractivity (Wildman–Crippen MR) is 120 cm³/mol. The van der Waals surface area contributed by atoms with Crippen LogP contribution in [0, 0.1) is 0 Å². The number of piperidine rings is 1. The first-order valence-electron chi connectivity index (χ1n) is 10.7. The van der Waals surface area contributed by atoms with Gasteiger partial charge >= 0.3 is 0 Å². The molecule has 0 unspecified atom stereocenters. The molecule has 4 rings (SSSR count). The summed E-state index contributed by atoms with van der Waals surface area (Å²) in [4.78, 5) is 17.4. The number of likely N-dealkylation sites (tertiary alicyclic amines) is 1. The molecule has 2 aliphatic heterocycles. The smallest absolute Gasteiger partial charge is 0.256 e. The van der Waals surface area contributed by atoms with Crippen LogP contribution in [0.2, 0.25) is 0 Å². The molecule has 0 aliphatic carbocycles. The number of hydrogen-bond donors (Lipinski definition) is 1. The number of carbonyl (C=O) groups excluding carboxylic acids is 1. The molecule has 0 saturated carbocycles. The molecule has 1 N–H and O–H groups in total. The van der Waals surface area contributed by atoms with E-state index in [1.54, 1.807) is 24.3 Å². The average Bonchev–Trinajstić information content (AvgIpc) is 3.28. The molecule has 6 nitrogen and oxygen atoms in total. The minimum atomic E-state index is -3.58. The number of rotatable bonds is 6. The summed E-state index contributed by atoms with van der Waals surface area (Å²) in [5, 5.41) is 0. The Hall–Kier alpha value is -2.54. The fourth-order valence-electron chi connectivity index (χ4n) is 4.28. The van der Waals surface area contributed by atoms with Gasteiger partial charge in [-0.1, -0.05) is 30.3 Å². The Kier molecular flexibility index (Phi) is 6.27. The Morgan fingerprint density at radius 3 is 2.23 bits per heavy atom. The lowest BCUT2D eigenvalue weighted by Crippen LogP contribution is -2.36. The van der Waals surface area contributed by atoms with Crippen molar-refractivity contribution in [2.24, 2.45) is 0 Å². The fourth-order valence-corrected chi connectivity index (χ4v) is 5.47. The highest BCUT2D eigenvalue weighted by Crippen LogP contribution is 2.30. The molecular formula is C23H29N3O3S. The summed E-state index contributed by atoms with van der Waals surface area (Å²) in [7, 11) is -3.58. The van der Waals surface area contributed by atoms with Gasteiger partial charge in [0.15, 0.2) is 0 Å². The molecule has 2 aromatic rings. The molecular weight excluding hydrogens is 398 g/mol. The van der Waals surface area contributed by atoms with Crippen LogP contribution in [0.5, 0.6) is 0 Å². The Bertz CT molecular complexity index is 980. The van der Waals surface area contributed by atoms with Crippen molar-refractivity contribution in [2.75, 3.05) is 35.8 Å². The molecule has 0 radical (unpaired) electrons. The molecule has 2 aromatic carbocycles. The van der Waals surface area contributed by atoms with Gasteiger partial charge in [-0.05, 0) is 55.9 Å². The van der Waals surface area contributed by atoms with Crippen LogP contribution in [-0.2, 0) is 15.8 Å². The van der Waals surface area contributed by atoms with Gasteiger partial charge < -0.3 is 9.80 Å². The zero-order valence-corrected chi connectivity index (χ0v) is 18.0. The van der Waals surface area contributed by atoms with E-state index in [1.165, 1.54) is 0 Å². The van der Waals surface area contributed by atoms with Crippen molar-refractivity contribution in [1.29, 1.82) is 0 Å². The monoisotopic (exact) mass is 427 g/mol. The minimum absolute atomic E-state index is 0.000655. The fraction of sp³-hybridized carbons (Fsp3) is 0.435. The molecule has 160 valence electrons. The van der Waals surface area contributed by atoms with Crippen LogP contribution in [0.3, 0.4) is 0 Å². The van der Waals surface area contributed by atoms with Crippen molar-refractivity contribution >= 4 is 27.3 Å². The van der Waals surface area contributed by atoms with Crippen molar-refractivity contribution in [3.63, 3.8) is 0 Å². The third-order valence-electron chi connectivity index (χ3n) is 5.79. The van der Waals surface area contributed by atoms with Gasteiger partial charge in [0.2, 0.25) is 10.0 Å². The van der Waals surface area contributed by atoms with Crippen LogP contribution in [-0.4, -0.2) is 45.4 Å². The van der Waals surface area contributed by atoms with E-state index in [0.29, 0.717) is 11.3 Å². The Labute approximate surface area is 178 Å². The number of sulfonamides is 1. The Morgan fingerprint density at radius 2 is 1.53 bits per heavy atom. The van der Waals surface area contributed by atoms with Crippen LogP contribution in [0.25, 0.3) is 0 Å². The second-order valence-corrected chi connectivity index (χ2v) is 9.85. The van der Waals surface area contributed by atoms with Gasteiger partial charge in [0.25, 0.3) is 5.91 Å². The maximum Gasteiger partial charge on any atom is 0.256 e. The van der Waals surface area contributed by atoms with Crippen molar-refractivity contribution < 1.29 is 13.2 Å². The summed E-state index contributed by atoms with van der Waals surface area (Å²) >= 11 is 0. The molecule has 1 amide bonds. The van der Waals surface area contributed by atoms with E-state index in [4.69, 9.17) is 0 Å². The zero-order valence-electron chi connectivity index (χ0n) is 17.2. The van der Waals surface area contributed by atoms with Crippen LogP contribution in [0.15, 0.2) is 48.5 Å². The standard InChI is InChI=1S/C23H29N3O3S/c27-23(26-15-5-2-6-16-26)21-17-20(11-12-22(21)25-13-7-8-14-25)24-30(28,29)18-19-9-3-1-4-10-19/h1,3-4,9-12,17,24H,2,5-8,13-16,18H2. The van der Waals surface area contributed by atoms with Crippen molar-refractivity contribution in [2.45, 2.75) is 37.9 Å². The molecule has 0 bridgehead atoms. The molecule has 2 aliphatic rings. The van der Waals surface area contributed by atoms with Gasteiger partial charge in [-0.15, -0.1) is 0 Å². The quantitative estimate of drug-likeness (QED) is 0.760. The third kappa shape index (κ3) is 4.95. The first-order valence-corrected chi connectivity index (χ1v) is 12.4. The van der Waals surface area contributed by atoms with Gasteiger partial charge in [0, 0.05) is 37.6 Å². The summed E-state index contributed by atoms with van der Waals surface area (Å²) in [5.74, 6) is -0.0994. The topological polar surface area (TPSA) is 69.7 Å². The highest BCUT2D eigenvalue weighted by Gasteiger charge is 2.25. The number of carbonyl (C=O) groups is 1. The predicted octanol–water partition coefficient (Wildman–Crippen LogP) is 3.85. The third-order valence-corrected chi connectivity index (χ3v) is 7.05. The normalized spacial score (nSPS) is 17.2. The molecule has 0 atom stereocenters. The van der Waals surface area contributed by atoms with E-state index < -0.39 is 10.0 Å². The highest BCUT2D eigenvalue weighted by atomic mass is 32.2. The number of amides is 1. The average molecular weight is 428 g/mol. The lowest BCUT2D eigenvalue weighted by molar-refractivity contribution is 0.0725. The summed E-state index contributed by atoms with van der Waals surface area (Å²) in [6, 6.07) is 14.5. The number of nitrogens with zero attached hydrogens (tertiary/aromatic N) is 2. The summed E-state index contributed by atoms with van der Waals surface area (Å²) in [5.41, 5.74) is 2.67. The van der Waals surface area contributed by atoms with Gasteiger partial charge in [0.1, 0.15) is 0 Å². The van der Waals surface area contributed by atoms with Gasteiger partial charge in [-0.3, -0.25) is 9.52 Å². The maximum atomic E-state index is 13.3. The van der Waals surface area contributed by atoms with E-state index in [1.807, 2.05) is 29.2 Å². The summed E-state index contributed by atoms with van der Waals surface area (Å²) in [6.45, 7) is 3.39. The van der Waals surface area contributed by atoms with Crippen molar-refractivity contribution in [3.05, 3.63) is 59.7 Å². The summed E-state index contributed by atoms with van der Waals surface area (Å²) in [6.07, 6.45) is 5.43. The van der Waals surface area contributed by atoms with E-state index in [2.05, 4.69) is 9.62 Å². The maximum absolute atomic E-state index is 13.3. The van der Waals surface area contributed by atoms with E-state index in [0.717, 1.165) is 69.5 Å². The highest BCUT2D eigenvalue weighted by molar-refractivity contribution is 7.91. The number of benzene rings is 2. The van der Waals surface area contributed by atoms with Gasteiger partial charge in [0.05, 0.1) is 11.3 Å². The van der Waals surface area contributed by atoms with E-state index >= 15 is 0 Å². The zero-order chi connectivity index (χ0) is 21.0. The Morgan fingerprint density at radius 1 is 0.867 bits per heavy atom. The second-order valence-electron chi connectivity index (χ2n) is 8.13. The summed E-state index contributed by atoms with van der Waals surface area (Å²) < 4.78 is 28.0. The number of hydrogen-bond acceptors (Lipinski definition) is 4. The second kappa shape index (κ2) is 9.08. The van der Waals surface area contributed by atoms with Crippen LogP contribution >= 0.6 is 0 Å². The molecule has 2 fully saturated rings. The van der Waals surface area contributed by atoms with Crippen LogP contribution in [0.4, 0.5) is 11.4 Å². The first kappa shape index (κ1) is 20.7. The first-order chi connectivity index (χ1) is 14.5. The lowest BCUT2D eigenvalue weighted by Gasteiger charge is -2.29. The Balaban J connectivity index is 1.60. The lowest BCUT2D eigenvalue weighted by atomic mass is 10.1. The van der Waals surface area contributed by atoms with Crippen molar-refractivity contribution in [3.8, 4) is 0 Å².